The summed E-state index contributed by atoms with van der Waals surface area (Å²) in [6.07, 6.45) is 8.89. The van der Waals surface area contributed by atoms with E-state index < -0.39 is 5.97 Å². The second-order valence-corrected chi connectivity index (χ2v) is 7.53. The Balaban J connectivity index is 1.73. The Bertz CT molecular complexity index is 398. The van der Waals surface area contributed by atoms with Gasteiger partial charge in [-0.05, 0) is 74.0 Å². The topological polar surface area (TPSA) is 57.5 Å². The summed E-state index contributed by atoms with van der Waals surface area (Å²) < 4.78 is 0. The van der Waals surface area contributed by atoms with E-state index in [0.717, 1.165) is 24.7 Å². The number of aliphatic hydroxyl groups is 1. The summed E-state index contributed by atoms with van der Waals surface area (Å²) in [6.45, 7) is 3.98. The average molecular weight is 264 g/mol. The molecule has 4 saturated carbocycles. The van der Waals surface area contributed by atoms with E-state index in [4.69, 9.17) is 5.11 Å². The van der Waals surface area contributed by atoms with Crippen molar-refractivity contribution in [3.63, 3.8) is 0 Å². The quantitative estimate of drug-likeness (QED) is 0.750. The van der Waals surface area contributed by atoms with Crippen molar-refractivity contribution in [2.24, 2.45) is 22.7 Å². The van der Waals surface area contributed by atoms with Crippen LogP contribution < -0.4 is 0 Å². The van der Waals surface area contributed by atoms with Crippen molar-refractivity contribution in [2.75, 3.05) is 6.61 Å². The fourth-order valence-corrected chi connectivity index (χ4v) is 5.65. The molecule has 0 heterocycles. The number of carboxylic acid groups (broad SMARTS) is 1. The molecule has 106 valence electrons. The Morgan fingerprint density at radius 3 is 2.26 bits per heavy atom. The molecule has 0 saturated heterocycles. The number of carbonyl (C=O) groups is 1. The number of aliphatic hydroxyl groups excluding tert-OH is 1. The van der Waals surface area contributed by atoms with Crippen LogP contribution in [-0.4, -0.2) is 22.8 Å². The van der Waals surface area contributed by atoms with Gasteiger partial charge in [0.05, 0.1) is 0 Å². The molecular weight excluding hydrogens is 240 g/mol. The lowest BCUT2D eigenvalue weighted by Crippen LogP contribution is -2.53. The molecular formula is C16H24O3. The maximum Gasteiger partial charge on any atom is 0.330 e. The minimum absolute atomic E-state index is 0.161. The average Bonchev–Trinajstić information content (AvgIpc) is 2.34. The number of carboxylic acids is 1. The summed E-state index contributed by atoms with van der Waals surface area (Å²) in [6, 6.07) is 0. The molecule has 3 heteroatoms. The van der Waals surface area contributed by atoms with Crippen molar-refractivity contribution in [1.82, 2.24) is 0 Å². The van der Waals surface area contributed by atoms with E-state index in [9.17, 15) is 9.90 Å². The first-order valence-electron chi connectivity index (χ1n) is 7.48. The van der Waals surface area contributed by atoms with Gasteiger partial charge in [-0.15, -0.1) is 0 Å². The summed E-state index contributed by atoms with van der Waals surface area (Å²) in [4.78, 5) is 10.9. The van der Waals surface area contributed by atoms with Crippen molar-refractivity contribution in [1.29, 1.82) is 0 Å². The van der Waals surface area contributed by atoms with Crippen LogP contribution in [0.2, 0.25) is 0 Å². The van der Waals surface area contributed by atoms with Crippen LogP contribution in [0, 0.1) is 22.7 Å². The van der Waals surface area contributed by atoms with Gasteiger partial charge in [-0.3, -0.25) is 0 Å². The van der Waals surface area contributed by atoms with Gasteiger partial charge in [0.25, 0.3) is 0 Å². The van der Waals surface area contributed by atoms with E-state index in [0.29, 0.717) is 24.0 Å². The SMILES string of the molecule is C=C(CCC12CC3CC(CC(CO)(C3)C1)C2)C(=O)O. The molecule has 4 bridgehead atoms. The second-order valence-electron chi connectivity index (χ2n) is 7.53. The molecule has 2 N–H and O–H groups in total. The summed E-state index contributed by atoms with van der Waals surface area (Å²) in [5, 5.41) is 18.8. The molecule has 0 spiro atoms. The zero-order chi connectivity index (χ0) is 13.7. The smallest absolute Gasteiger partial charge is 0.330 e. The molecule has 4 rings (SSSR count). The largest absolute Gasteiger partial charge is 0.478 e. The summed E-state index contributed by atoms with van der Waals surface area (Å²) in [5.41, 5.74) is 0.800. The first kappa shape index (κ1) is 13.2. The third-order valence-corrected chi connectivity index (χ3v) is 5.90. The molecule has 2 unspecified atom stereocenters. The highest BCUT2D eigenvalue weighted by atomic mass is 16.4. The normalized spacial score (nSPS) is 43.4. The van der Waals surface area contributed by atoms with E-state index in [2.05, 4.69) is 6.58 Å². The number of rotatable bonds is 5. The Morgan fingerprint density at radius 2 is 1.74 bits per heavy atom. The summed E-state index contributed by atoms with van der Waals surface area (Å²) >= 11 is 0. The van der Waals surface area contributed by atoms with Crippen molar-refractivity contribution >= 4 is 5.97 Å². The standard InChI is InChI=1S/C16H24O3/c1-11(14(18)19)2-3-15-5-12-4-13(6-15)8-16(7-12,9-15)10-17/h12-13,17H,1-10H2,(H,18,19). The fraction of sp³-hybridized carbons (Fsp3) is 0.812. The summed E-state index contributed by atoms with van der Waals surface area (Å²) in [7, 11) is 0. The molecule has 0 aromatic carbocycles. The van der Waals surface area contributed by atoms with Crippen LogP contribution in [0.25, 0.3) is 0 Å². The van der Waals surface area contributed by atoms with Gasteiger partial charge < -0.3 is 10.2 Å². The number of aliphatic carboxylic acids is 1. The Morgan fingerprint density at radius 1 is 1.16 bits per heavy atom. The van der Waals surface area contributed by atoms with Crippen LogP contribution in [0.1, 0.15) is 51.4 Å². The fourth-order valence-electron chi connectivity index (χ4n) is 5.65. The molecule has 3 nitrogen and oxygen atoms in total. The van der Waals surface area contributed by atoms with Gasteiger partial charge in [0.2, 0.25) is 0 Å². The molecule has 19 heavy (non-hydrogen) atoms. The first-order chi connectivity index (χ1) is 8.96. The van der Waals surface area contributed by atoms with Crippen molar-refractivity contribution in [3.05, 3.63) is 12.2 Å². The molecule has 0 amide bonds. The van der Waals surface area contributed by atoms with Crippen LogP contribution in [0.5, 0.6) is 0 Å². The first-order valence-corrected chi connectivity index (χ1v) is 7.48. The van der Waals surface area contributed by atoms with E-state index in [1.165, 1.54) is 32.1 Å². The molecule has 0 radical (unpaired) electrons. The lowest BCUT2D eigenvalue weighted by molar-refractivity contribution is -0.135. The zero-order valence-corrected chi connectivity index (χ0v) is 11.5. The maximum absolute atomic E-state index is 10.9. The van der Waals surface area contributed by atoms with Crippen LogP contribution in [0.15, 0.2) is 12.2 Å². The van der Waals surface area contributed by atoms with Crippen LogP contribution in [-0.2, 0) is 4.79 Å². The molecule has 0 aromatic rings. The van der Waals surface area contributed by atoms with E-state index in [-0.39, 0.29) is 5.41 Å². The van der Waals surface area contributed by atoms with Gasteiger partial charge >= 0.3 is 5.97 Å². The predicted molar refractivity (Wildman–Crippen MR) is 72.6 cm³/mol. The monoisotopic (exact) mass is 264 g/mol. The minimum atomic E-state index is -0.860. The third kappa shape index (κ3) is 2.22. The highest BCUT2D eigenvalue weighted by Crippen LogP contribution is 2.66. The highest BCUT2D eigenvalue weighted by Gasteiger charge is 2.56. The van der Waals surface area contributed by atoms with E-state index >= 15 is 0 Å². The Hall–Kier alpha value is -0.830. The highest BCUT2D eigenvalue weighted by molar-refractivity contribution is 5.85. The van der Waals surface area contributed by atoms with Gasteiger partial charge in [-0.1, -0.05) is 6.58 Å². The minimum Gasteiger partial charge on any atom is -0.478 e. The van der Waals surface area contributed by atoms with Crippen LogP contribution in [0.4, 0.5) is 0 Å². The third-order valence-electron chi connectivity index (χ3n) is 5.90. The Kier molecular flexibility index (Phi) is 3.01. The zero-order valence-electron chi connectivity index (χ0n) is 11.5. The molecule has 2 atom stereocenters. The Labute approximate surface area is 114 Å². The van der Waals surface area contributed by atoms with Gasteiger partial charge in [-0.2, -0.15) is 0 Å². The molecule has 4 aliphatic carbocycles. The molecule has 0 aromatic heterocycles. The van der Waals surface area contributed by atoms with Crippen molar-refractivity contribution < 1.29 is 15.0 Å². The predicted octanol–water partition coefficient (Wildman–Crippen LogP) is 2.99. The van der Waals surface area contributed by atoms with Gasteiger partial charge in [0, 0.05) is 12.2 Å². The van der Waals surface area contributed by atoms with Gasteiger partial charge in [0.15, 0.2) is 0 Å². The lowest BCUT2D eigenvalue weighted by Gasteiger charge is -2.62. The van der Waals surface area contributed by atoms with Crippen LogP contribution >= 0.6 is 0 Å². The van der Waals surface area contributed by atoms with Gasteiger partial charge in [-0.25, -0.2) is 4.79 Å². The number of hydrogen-bond donors (Lipinski definition) is 2. The molecule has 4 fully saturated rings. The summed E-state index contributed by atoms with van der Waals surface area (Å²) in [5.74, 6) is 0.680. The molecule has 4 aliphatic rings. The second kappa shape index (κ2) is 4.34. The van der Waals surface area contributed by atoms with Crippen molar-refractivity contribution in [3.8, 4) is 0 Å². The van der Waals surface area contributed by atoms with Crippen LogP contribution in [0.3, 0.4) is 0 Å². The molecule has 0 aliphatic heterocycles. The maximum atomic E-state index is 10.9. The van der Waals surface area contributed by atoms with E-state index in [1.807, 2.05) is 0 Å². The lowest BCUT2D eigenvalue weighted by atomic mass is 9.43. The number of hydrogen-bond acceptors (Lipinski definition) is 2. The van der Waals surface area contributed by atoms with E-state index in [1.54, 1.807) is 0 Å². The van der Waals surface area contributed by atoms with Crippen molar-refractivity contribution in [2.45, 2.75) is 51.4 Å². The van der Waals surface area contributed by atoms with Gasteiger partial charge in [0.1, 0.15) is 0 Å².